The summed E-state index contributed by atoms with van der Waals surface area (Å²) in [5, 5.41) is 11.8. The molecule has 0 heterocycles. The van der Waals surface area contributed by atoms with Gasteiger partial charge in [-0.1, -0.05) is 12.8 Å². The number of nitrogens with one attached hydrogen (secondary N) is 1. The first-order valence-corrected chi connectivity index (χ1v) is 5.79. The van der Waals surface area contributed by atoms with Crippen LogP contribution < -0.4 is 5.32 Å². The van der Waals surface area contributed by atoms with Crippen LogP contribution in [0.3, 0.4) is 0 Å². The van der Waals surface area contributed by atoms with Crippen LogP contribution in [0.1, 0.15) is 33.6 Å². The minimum Gasteiger partial charge on any atom is -0.481 e. The summed E-state index contributed by atoms with van der Waals surface area (Å²) in [6.45, 7) is 5.41. The number of carbonyl (C=O) groups is 2. The molecule has 0 bridgehead atoms. The van der Waals surface area contributed by atoms with Crippen LogP contribution in [0.15, 0.2) is 0 Å². The third kappa shape index (κ3) is 3.23. The van der Waals surface area contributed by atoms with Crippen LogP contribution in [0.2, 0.25) is 0 Å². The normalized spacial score (nSPS) is 28.5. The van der Waals surface area contributed by atoms with E-state index in [1.807, 2.05) is 6.92 Å². The third-order valence-corrected chi connectivity index (χ3v) is 3.25. The van der Waals surface area contributed by atoms with E-state index < -0.39 is 23.3 Å². The second kappa shape index (κ2) is 4.79. The van der Waals surface area contributed by atoms with Crippen molar-refractivity contribution in [2.45, 2.75) is 39.2 Å². The van der Waals surface area contributed by atoms with Gasteiger partial charge < -0.3 is 10.4 Å². The Hall–Kier alpha value is -1.50. The molecule has 1 fully saturated rings. The Labute approximate surface area is 102 Å². The highest BCUT2D eigenvalue weighted by molar-refractivity contribution is 5.86. The topological polar surface area (TPSA) is 66.4 Å². The summed E-state index contributed by atoms with van der Waals surface area (Å²) in [6, 6.07) is 0. The zero-order valence-electron chi connectivity index (χ0n) is 10.5. The predicted octanol–water partition coefficient (Wildman–Crippen LogP) is 1.26. The maximum absolute atomic E-state index is 12.0. The molecule has 4 nitrogen and oxygen atoms in total. The van der Waals surface area contributed by atoms with Crippen LogP contribution in [0.5, 0.6) is 0 Å². The van der Waals surface area contributed by atoms with Crippen molar-refractivity contribution in [3.8, 4) is 12.3 Å². The average Bonchev–Trinajstić information content (AvgIpc) is 2.60. The number of hydrogen-bond acceptors (Lipinski definition) is 2. The van der Waals surface area contributed by atoms with Gasteiger partial charge in [0.2, 0.25) is 5.91 Å². The van der Waals surface area contributed by atoms with Gasteiger partial charge in [0.1, 0.15) is 0 Å². The molecule has 0 aromatic carbocycles. The standard InChI is InChI=1S/C13H19NO3/c1-5-13(3,4)14-11(15)9-6-8(2)7-10(9)12(16)17/h1,8-10H,6-7H2,2-4H3,(H,14,15)(H,16,17)/t8?,9-,10+/m0/s1. The number of rotatable bonds is 3. The highest BCUT2D eigenvalue weighted by atomic mass is 16.4. The van der Waals surface area contributed by atoms with Crippen molar-refractivity contribution in [3.05, 3.63) is 0 Å². The fourth-order valence-electron chi connectivity index (χ4n) is 2.29. The molecular formula is C13H19NO3. The number of aliphatic carboxylic acids is 1. The van der Waals surface area contributed by atoms with E-state index >= 15 is 0 Å². The zero-order valence-corrected chi connectivity index (χ0v) is 10.5. The molecule has 0 spiro atoms. The van der Waals surface area contributed by atoms with E-state index in [4.69, 9.17) is 11.5 Å². The lowest BCUT2D eigenvalue weighted by Gasteiger charge is -2.23. The molecule has 1 saturated carbocycles. The molecule has 0 saturated heterocycles. The molecule has 2 N–H and O–H groups in total. The van der Waals surface area contributed by atoms with Gasteiger partial charge in [0.05, 0.1) is 17.4 Å². The van der Waals surface area contributed by atoms with Crippen molar-refractivity contribution < 1.29 is 14.7 Å². The minimum atomic E-state index is -0.895. The third-order valence-electron chi connectivity index (χ3n) is 3.25. The molecular weight excluding hydrogens is 218 g/mol. The predicted molar refractivity (Wildman–Crippen MR) is 64.1 cm³/mol. The van der Waals surface area contributed by atoms with Crippen molar-refractivity contribution in [1.29, 1.82) is 0 Å². The molecule has 1 rings (SSSR count). The fourth-order valence-corrected chi connectivity index (χ4v) is 2.29. The highest BCUT2D eigenvalue weighted by Gasteiger charge is 2.42. The minimum absolute atomic E-state index is 0.246. The lowest BCUT2D eigenvalue weighted by Crippen LogP contribution is -2.46. The molecule has 94 valence electrons. The zero-order chi connectivity index (χ0) is 13.2. The first kappa shape index (κ1) is 13.6. The first-order valence-electron chi connectivity index (χ1n) is 5.79. The van der Waals surface area contributed by atoms with E-state index in [-0.39, 0.29) is 11.8 Å². The van der Waals surface area contributed by atoms with Crippen LogP contribution in [0.25, 0.3) is 0 Å². The first-order chi connectivity index (χ1) is 7.76. The quantitative estimate of drug-likeness (QED) is 0.726. The van der Waals surface area contributed by atoms with Gasteiger partial charge in [-0.15, -0.1) is 6.42 Å². The van der Waals surface area contributed by atoms with Gasteiger partial charge in [-0.3, -0.25) is 9.59 Å². The van der Waals surface area contributed by atoms with Crippen LogP contribution in [-0.4, -0.2) is 22.5 Å². The Bertz CT molecular complexity index is 367. The lowest BCUT2D eigenvalue weighted by molar-refractivity contribution is -0.146. The summed E-state index contributed by atoms with van der Waals surface area (Å²) in [7, 11) is 0. The molecule has 0 aliphatic heterocycles. The lowest BCUT2D eigenvalue weighted by atomic mass is 9.94. The molecule has 17 heavy (non-hydrogen) atoms. The summed E-state index contributed by atoms with van der Waals surface area (Å²) in [6.07, 6.45) is 6.47. The number of carbonyl (C=O) groups excluding carboxylic acids is 1. The molecule has 0 aromatic rings. The van der Waals surface area contributed by atoms with E-state index in [1.54, 1.807) is 13.8 Å². The summed E-state index contributed by atoms with van der Waals surface area (Å²) in [5.41, 5.74) is -0.730. The number of hydrogen-bond donors (Lipinski definition) is 2. The Morgan fingerprint density at radius 3 is 2.35 bits per heavy atom. The number of terminal acetylenes is 1. The Balaban J connectivity index is 2.75. The van der Waals surface area contributed by atoms with E-state index in [9.17, 15) is 9.59 Å². The van der Waals surface area contributed by atoms with Crippen molar-refractivity contribution in [3.63, 3.8) is 0 Å². The number of carboxylic acids is 1. The van der Waals surface area contributed by atoms with Crippen LogP contribution in [-0.2, 0) is 9.59 Å². The monoisotopic (exact) mass is 237 g/mol. The van der Waals surface area contributed by atoms with Crippen molar-refractivity contribution in [2.24, 2.45) is 17.8 Å². The number of amides is 1. The second-order valence-electron chi connectivity index (χ2n) is 5.39. The Morgan fingerprint density at radius 1 is 1.35 bits per heavy atom. The van der Waals surface area contributed by atoms with Gasteiger partial charge in [-0.2, -0.15) is 0 Å². The van der Waals surface area contributed by atoms with E-state index in [1.165, 1.54) is 0 Å². The highest BCUT2D eigenvalue weighted by Crippen LogP contribution is 2.36. The molecule has 3 atom stereocenters. The second-order valence-corrected chi connectivity index (χ2v) is 5.39. The maximum Gasteiger partial charge on any atom is 0.307 e. The van der Waals surface area contributed by atoms with Gasteiger partial charge in [0.25, 0.3) is 0 Å². The molecule has 1 unspecified atom stereocenters. The summed E-state index contributed by atoms with van der Waals surface area (Å²) < 4.78 is 0. The van der Waals surface area contributed by atoms with Gasteiger partial charge in [0.15, 0.2) is 0 Å². The van der Waals surface area contributed by atoms with Gasteiger partial charge in [-0.25, -0.2) is 0 Å². The summed E-state index contributed by atoms with van der Waals surface area (Å²) in [5.74, 6) is 0.548. The van der Waals surface area contributed by atoms with Crippen molar-refractivity contribution in [1.82, 2.24) is 5.32 Å². The SMILES string of the molecule is C#CC(C)(C)NC(=O)[C@H]1CC(C)C[C@H]1C(=O)O. The van der Waals surface area contributed by atoms with E-state index in [2.05, 4.69) is 11.2 Å². The fraction of sp³-hybridized carbons (Fsp3) is 0.692. The van der Waals surface area contributed by atoms with E-state index in [0.29, 0.717) is 12.8 Å². The molecule has 0 radical (unpaired) electrons. The maximum atomic E-state index is 12.0. The molecule has 1 aliphatic rings. The molecule has 1 amide bonds. The van der Waals surface area contributed by atoms with Gasteiger partial charge in [0, 0.05) is 0 Å². The van der Waals surface area contributed by atoms with Gasteiger partial charge >= 0.3 is 5.97 Å². The molecule has 0 aromatic heterocycles. The summed E-state index contributed by atoms with van der Waals surface area (Å²) >= 11 is 0. The van der Waals surface area contributed by atoms with Crippen molar-refractivity contribution >= 4 is 11.9 Å². The van der Waals surface area contributed by atoms with Crippen LogP contribution >= 0.6 is 0 Å². The smallest absolute Gasteiger partial charge is 0.307 e. The Kier molecular flexibility index (Phi) is 3.82. The molecule has 4 heteroatoms. The number of carboxylic acid groups (broad SMARTS) is 1. The van der Waals surface area contributed by atoms with Crippen LogP contribution in [0.4, 0.5) is 0 Å². The largest absolute Gasteiger partial charge is 0.481 e. The van der Waals surface area contributed by atoms with Crippen LogP contribution in [0, 0.1) is 30.1 Å². The van der Waals surface area contributed by atoms with E-state index in [0.717, 1.165) is 0 Å². The van der Waals surface area contributed by atoms with Crippen molar-refractivity contribution in [2.75, 3.05) is 0 Å². The Morgan fingerprint density at radius 2 is 1.88 bits per heavy atom. The molecule has 1 aliphatic carbocycles. The summed E-state index contributed by atoms with van der Waals surface area (Å²) in [4.78, 5) is 23.1. The average molecular weight is 237 g/mol. The van der Waals surface area contributed by atoms with Gasteiger partial charge in [-0.05, 0) is 32.6 Å².